The van der Waals surface area contributed by atoms with Crippen LogP contribution in [0.25, 0.3) is 0 Å². The maximum Gasteiger partial charge on any atom is 0.237 e. The summed E-state index contributed by atoms with van der Waals surface area (Å²) >= 11 is 0. The van der Waals surface area contributed by atoms with E-state index in [0.29, 0.717) is 12.6 Å². The molecule has 1 aliphatic rings. The highest BCUT2D eigenvalue weighted by Crippen LogP contribution is 2.10. The SMILES string of the molecule is CCCC(C)NC(=O)C(C)N(CCO)CC1CCCN1. The Bertz CT molecular complexity index is 280. The number of hydrogen-bond acceptors (Lipinski definition) is 4. The standard InChI is InChI=1S/C15H31N3O2/c1-4-6-12(2)17-15(20)13(3)18(9-10-19)11-14-7-5-8-16-14/h12-14,16,19H,4-11H2,1-3H3,(H,17,20). The van der Waals surface area contributed by atoms with Crippen LogP contribution in [0.5, 0.6) is 0 Å². The highest BCUT2D eigenvalue weighted by molar-refractivity contribution is 5.81. The lowest BCUT2D eigenvalue weighted by Crippen LogP contribution is -2.51. The smallest absolute Gasteiger partial charge is 0.237 e. The molecule has 3 N–H and O–H groups in total. The van der Waals surface area contributed by atoms with Crippen molar-refractivity contribution in [3.8, 4) is 0 Å². The number of aliphatic hydroxyl groups is 1. The van der Waals surface area contributed by atoms with Gasteiger partial charge in [-0.1, -0.05) is 13.3 Å². The minimum absolute atomic E-state index is 0.0670. The van der Waals surface area contributed by atoms with Crippen LogP contribution in [0.1, 0.15) is 46.5 Å². The van der Waals surface area contributed by atoms with Crippen LogP contribution < -0.4 is 10.6 Å². The molecular weight excluding hydrogens is 254 g/mol. The molecule has 0 aliphatic carbocycles. The van der Waals surface area contributed by atoms with E-state index in [-0.39, 0.29) is 24.6 Å². The van der Waals surface area contributed by atoms with Crippen LogP contribution in [-0.4, -0.2) is 60.3 Å². The third-order valence-electron chi connectivity index (χ3n) is 4.04. The molecule has 0 aromatic heterocycles. The number of hydrogen-bond donors (Lipinski definition) is 3. The van der Waals surface area contributed by atoms with Crippen molar-refractivity contribution >= 4 is 5.91 Å². The van der Waals surface area contributed by atoms with Gasteiger partial charge in [-0.15, -0.1) is 0 Å². The largest absolute Gasteiger partial charge is 0.395 e. The molecule has 5 heteroatoms. The zero-order chi connectivity index (χ0) is 15.0. The second-order valence-corrected chi connectivity index (χ2v) is 5.89. The maximum absolute atomic E-state index is 12.3. The maximum atomic E-state index is 12.3. The number of aliphatic hydroxyl groups excluding tert-OH is 1. The number of carbonyl (C=O) groups excluding carboxylic acids is 1. The molecule has 0 aromatic rings. The molecule has 20 heavy (non-hydrogen) atoms. The lowest BCUT2D eigenvalue weighted by atomic mass is 10.1. The topological polar surface area (TPSA) is 64.6 Å². The molecule has 1 fully saturated rings. The Morgan fingerprint density at radius 1 is 1.50 bits per heavy atom. The van der Waals surface area contributed by atoms with Crippen molar-refractivity contribution < 1.29 is 9.90 Å². The van der Waals surface area contributed by atoms with Gasteiger partial charge in [-0.05, 0) is 39.7 Å². The van der Waals surface area contributed by atoms with Crippen LogP contribution in [-0.2, 0) is 4.79 Å². The van der Waals surface area contributed by atoms with Crippen molar-refractivity contribution in [2.24, 2.45) is 0 Å². The number of rotatable bonds is 9. The lowest BCUT2D eigenvalue weighted by molar-refractivity contribution is -0.126. The summed E-state index contributed by atoms with van der Waals surface area (Å²) in [5, 5.41) is 15.7. The Balaban J connectivity index is 2.48. The van der Waals surface area contributed by atoms with Gasteiger partial charge in [0.1, 0.15) is 0 Å². The number of nitrogens with zero attached hydrogens (tertiary/aromatic N) is 1. The summed E-state index contributed by atoms with van der Waals surface area (Å²) in [4.78, 5) is 14.3. The van der Waals surface area contributed by atoms with E-state index in [2.05, 4.69) is 22.5 Å². The minimum Gasteiger partial charge on any atom is -0.395 e. The molecule has 0 saturated carbocycles. The summed E-state index contributed by atoms with van der Waals surface area (Å²) in [5.41, 5.74) is 0. The Hall–Kier alpha value is -0.650. The molecule has 0 spiro atoms. The molecule has 5 nitrogen and oxygen atoms in total. The van der Waals surface area contributed by atoms with Gasteiger partial charge >= 0.3 is 0 Å². The Morgan fingerprint density at radius 2 is 2.25 bits per heavy atom. The van der Waals surface area contributed by atoms with Gasteiger partial charge in [0, 0.05) is 25.2 Å². The molecule has 1 aliphatic heterocycles. The molecule has 1 saturated heterocycles. The summed E-state index contributed by atoms with van der Waals surface area (Å²) in [6.45, 7) is 8.63. The van der Waals surface area contributed by atoms with E-state index in [1.165, 1.54) is 6.42 Å². The molecule has 0 bridgehead atoms. The van der Waals surface area contributed by atoms with Crippen LogP contribution in [0, 0.1) is 0 Å². The van der Waals surface area contributed by atoms with E-state index < -0.39 is 0 Å². The fraction of sp³-hybridized carbons (Fsp3) is 0.933. The van der Waals surface area contributed by atoms with E-state index in [9.17, 15) is 9.90 Å². The normalized spacial score (nSPS) is 21.9. The monoisotopic (exact) mass is 285 g/mol. The van der Waals surface area contributed by atoms with Crippen molar-refractivity contribution in [2.75, 3.05) is 26.2 Å². The predicted molar refractivity (Wildman–Crippen MR) is 81.7 cm³/mol. The minimum atomic E-state index is -0.191. The molecular formula is C15H31N3O2. The third kappa shape index (κ3) is 5.77. The highest BCUT2D eigenvalue weighted by atomic mass is 16.3. The average molecular weight is 285 g/mol. The summed E-state index contributed by atoms with van der Waals surface area (Å²) in [5.74, 6) is 0.0670. The Labute approximate surface area is 123 Å². The average Bonchev–Trinajstić information content (AvgIpc) is 2.90. The first-order valence-electron chi connectivity index (χ1n) is 7.97. The van der Waals surface area contributed by atoms with Crippen LogP contribution >= 0.6 is 0 Å². The first-order valence-corrected chi connectivity index (χ1v) is 7.97. The predicted octanol–water partition coefficient (Wildman–Crippen LogP) is 0.726. The van der Waals surface area contributed by atoms with Crippen molar-refractivity contribution in [1.82, 2.24) is 15.5 Å². The van der Waals surface area contributed by atoms with E-state index in [4.69, 9.17) is 0 Å². The third-order valence-corrected chi connectivity index (χ3v) is 4.04. The van der Waals surface area contributed by atoms with Crippen molar-refractivity contribution in [3.63, 3.8) is 0 Å². The molecule has 3 atom stereocenters. The summed E-state index contributed by atoms with van der Waals surface area (Å²) < 4.78 is 0. The van der Waals surface area contributed by atoms with Gasteiger partial charge in [-0.25, -0.2) is 0 Å². The van der Waals surface area contributed by atoms with Gasteiger partial charge in [0.15, 0.2) is 0 Å². The second-order valence-electron chi connectivity index (χ2n) is 5.89. The molecule has 1 rings (SSSR count). The molecule has 1 amide bonds. The van der Waals surface area contributed by atoms with Crippen LogP contribution in [0.2, 0.25) is 0 Å². The van der Waals surface area contributed by atoms with Crippen molar-refractivity contribution in [1.29, 1.82) is 0 Å². The highest BCUT2D eigenvalue weighted by Gasteiger charge is 2.25. The van der Waals surface area contributed by atoms with Gasteiger partial charge in [0.2, 0.25) is 5.91 Å². The molecule has 0 aromatic carbocycles. The van der Waals surface area contributed by atoms with E-state index in [1.807, 2.05) is 13.8 Å². The summed E-state index contributed by atoms with van der Waals surface area (Å²) in [6.07, 6.45) is 4.43. The van der Waals surface area contributed by atoms with Crippen LogP contribution in [0.4, 0.5) is 0 Å². The Morgan fingerprint density at radius 3 is 2.80 bits per heavy atom. The van der Waals surface area contributed by atoms with Gasteiger partial charge in [0.25, 0.3) is 0 Å². The van der Waals surface area contributed by atoms with Crippen molar-refractivity contribution in [2.45, 2.75) is 64.6 Å². The molecule has 3 unspecified atom stereocenters. The number of carbonyl (C=O) groups is 1. The van der Waals surface area contributed by atoms with Gasteiger partial charge in [-0.2, -0.15) is 0 Å². The molecule has 1 heterocycles. The van der Waals surface area contributed by atoms with Crippen LogP contribution in [0.3, 0.4) is 0 Å². The van der Waals surface area contributed by atoms with E-state index in [1.54, 1.807) is 0 Å². The second kappa shape index (κ2) is 9.32. The van der Waals surface area contributed by atoms with Crippen LogP contribution in [0.15, 0.2) is 0 Å². The van der Waals surface area contributed by atoms with Crippen molar-refractivity contribution in [3.05, 3.63) is 0 Å². The molecule has 118 valence electrons. The quantitative estimate of drug-likeness (QED) is 0.584. The lowest BCUT2D eigenvalue weighted by Gasteiger charge is -2.30. The summed E-state index contributed by atoms with van der Waals surface area (Å²) in [6, 6.07) is 0.476. The number of amides is 1. The van der Waals surface area contributed by atoms with Gasteiger partial charge in [-0.3, -0.25) is 9.69 Å². The molecule has 0 radical (unpaired) electrons. The zero-order valence-corrected chi connectivity index (χ0v) is 13.2. The van der Waals surface area contributed by atoms with Gasteiger partial charge in [0.05, 0.1) is 12.6 Å². The first-order chi connectivity index (χ1) is 9.58. The summed E-state index contributed by atoms with van der Waals surface area (Å²) in [7, 11) is 0. The van der Waals surface area contributed by atoms with E-state index in [0.717, 1.165) is 32.4 Å². The zero-order valence-electron chi connectivity index (χ0n) is 13.2. The number of nitrogens with one attached hydrogen (secondary N) is 2. The fourth-order valence-corrected chi connectivity index (χ4v) is 2.80. The Kier molecular flexibility index (Phi) is 8.11. The van der Waals surface area contributed by atoms with Gasteiger partial charge < -0.3 is 15.7 Å². The first kappa shape index (κ1) is 17.4. The fourth-order valence-electron chi connectivity index (χ4n) is 2.80. The van der Waals surface area contributed by atoms with E-state index >= 15 is 0 Å².